The van der Waals surface area contributed by atoms with Crippen molar-refractivity contribution in [1.29, 1.82) is 0 Å². The number of hydrogen-bond donors (Lipinski definition) is 1. The van der Waals surface area contributed by atoms with E-state index >= 15 is 0 Å². The summed E-state index contributed by atoms with van der Waals surface area (Å²) in [4.78, 5) is 13.1. The topological polar surface area (TPSA) is 101 Å². The van der Waals surface area contributed by atoms with Gasteiger partial charge in [0.05, 0.1) is 17.7 Å². The number of methoxy groups -OCH3 is 1. The Morgan fingerprint density at radius 2 is 1.71 bits per heavy atom. The van der Waals surface area contributed by atoms with Gasteiger partial charge >= 0.3 is 0 Å². The van der Waals surface area contributed by atoms with Gasteiger partial charge in [-0.3, -0.25) is 14.4 Å². The lowest BCUT2D eigenvalue weighted by Crippen LogP contribution is -2.38. The van der Waals surface area contributed by atoms with Gasteiger partial charge in [-0.1, -0.05) is 41.7 Å². The number of nitrogens with zero attached hydrogens (tertiary/aromatic N) is 3. The van der Waals surface area contributed by atoms with Crippen LogP contribution in [-0.2, 0) is 14.8 Å². The van der Waals surface area contributed by atoms with E-state index in [4.69, 9.17) is 4.74 Å². The largest absolute Gasteiger partial charge is 0.497 e. The molecule has 0 unspecified atom stereocenters. The van der Waals surface area contributed by atoms with E-state index in [1.165, 1.54) is 23.5 Å². The lowest BCUT2D eigenvalue weighted by Gasteiger charge is -2.25. The molecule has 0 aliphatic rings. The van der Waals surface area contributed by atoms with E-state index in [1.54, 1.807) is 31.4 Å². The third kappa shape index (κ3) is 5.50. The van der Waals surface area contributed by atoms with Crippen LogP contribution in [-0.4, -0.2) is 38.2 Å². The maximum Gasteiger partial charge on any atom is 0.264 e. The fourth-order valence-electron chi connectivity index (χ4n) is 3.42. The number of rotatable bonds is 8. The first-order chi connectivity index (χ1) is 16.8. The first kappa shape index (κ1) is 24.4. The maximum absolute atomic E-state index is 13.5. The average molecular weight is 509 g/mol. The van der Waals surface area contributed by atoms with Gasteiger partial charge in [0.25, 0.3) is 10.0 Å². The Kier molecular flexibility index (Phi) is 7.13. The van der Waals surface area contributed by atoms with Crippen molar-refractivity contribution in [3.63, 3.8) is 0 Å². The Labute approximate surface area is 208 Å². The summed E-state index contributed by atoms with van der Waals surface area (Å²) in [5.41, 5.74) is 2.89. The zero-order valence-electron chi connectivity index (χ0n) is 19.4. The van der Waals surface area contributed by atoms with Crippen LogP contribution in [0.5, 0.6) is 5.75 Å². The Morgan fingerprint density at radius 3 is 2.40 bits per heavy atom. The number of benzene rings is 3. The fourth-order valence-corrected chi connectivity index (χ4v) is 5.68. The summed E-state index contributed by atoms with van der Waals surface area (Å²) in [6.45, 7) is 3.27. The van der Waals surface area contributed by atoms with E-state index in [-0.39, 0.29) is 10.0 Å². The number of aromatic nitrogens is 2. The molecule has 0 fully saturated rings. The molecule has 4 rings (SSSR count). The Morgan fingerprint density at radius 1 is 1.00 bits per heavy atom. The number of carbonyl (C=O) groups excluding carboxylic acids is 1. The highest BCUT2D eigenvalue weighted by molar-refractivity contribution is 7.92. The van der Waals surface area contributed by atoms with Crippen LogP contribution in [0.2, 0.25) is 0 Å². The molecule has 4 aromatic rings. The molecule has 0 saturated carbocycles. The van der Waals surface area contributed by atoms with Gasteiger partial charge in [-0.25, -0.2) is 8.42 Å². The van der Waals surface area contributed by atoms with E-state index < -0.39 is 22.5 Å². The van der Waals surface area contributed by atoms with Crippen molar-refractivity contribution >= 4 is 38.1 Å². The quantitative estimate of drug-likeness (QED) is 0.371. The lowest BCUT2D eigenvalue weighted by atomic mass is 10.1. The van der Waals surface area contributed by atoms with Crippen molar-refractivity contribution in [2.45, 2.75) is 18.7 Å². The van der Waals surface area contributed by atoms with Crippen LogP contribution in [0, 0.1) is 13.8 Å². The molecule has 0 bridgehead atoms. The SMILES string of the molecule is COc1ccc(-c2nnc(NC(=O)CN(c3cc(C)ccc3C)S(=O)(=O)c3ccccc3)s2)cc1. The molecule has 0 saturated heterocycles. The third-order valence-electron chi connectivity index (χ3n) is 5.26. The molecule has 10 heteroatoms. The molecular weight excluding hydrogens is 484 g/mol. The molecule has 0 radical (unpaired) electrons. The van der Waals surface area contributed by atoms with Crippen molar-refractivity contribution in [3.8, 4) is 16.3 Å². The number of sulfonamides is 1. The first-order valence-electron chi connectivity index (χ1n) is 10.7. The van der Waals surface area contributed by atoms with E-state index in [0.29, 0.717) is 10.7 Å². The van der Waals surface area contributed by atoms with E-state index in [1.807, 2.05) is 50.2 Å². The number of amides is 1. The van der Waals surface area contributed by atoms with Crippen molar-refractivity contribution < 1.29 is 17.9 Å². The first-order valence-corrected chi connectivity index (χ1v) is 13.0. The van der Waals surface area contributed by atoms with Gasteiger partial charge in [0, 0.05) is 5.56 Å². The summed E-state index contributed by atoms with van der Waals surface area (Å²) < 4.78 is 33.4. The third-order valence-corrected chi connectivity index (χ3v) is 7.92. The number of nitrogens with one attached hydrogen (secondary N) is 1. The summed E-state index contributed by atoms with van der Waals surface area (Å²) in [7, 11) is -2.41. The minimum Gasteiger partial charge on any atom is -0.497 e. The van der Waals surface area contributed by atoms with Gasteiger partial charge in [0.1, 0.15) is 17.3 Å². The molecule has 35 heavy (non-hydrogen) atoms. The highest BCUT2D eigenvalue weighted by Gasteiger charge is 2.28. The summed E-state index contributed by atoms with van der Waals surface area (Å²) in [5.74, 6) is 0.195. The van der Waals surface area contributed by atoms with Gasteiger partial charge < -0.3 is 4.74 Å². The fraction of sp³-hybridized carbons (Fsp3) is 0.160. The lowest BCUT2D eigenvalue weighted by molar-refractivity contribution is -0.114. The molecule has 180 valence electrons. The molecule has 1 heterocycles. The summed E-state index contributed by atoms with van der Waals surface area (Å²) in [5, 5.41) is 11.8. The summed E-state index contributed by atoms with van der Waals surface area (Å²) in [6.07, 6.45) is 0. The monoisotopic (exact) mass is 508 g/mol. The predicted octanol–water partition coefficient (Wildman–Crippen LogP) is 4.66. The van der Waals surface area contributed by atoms with Crippen LogP contribution in [0.15, 0.2) is 77.7 Å². The molecule has 1 amide bonds. The van der Waals surface area contributed by atoms with E-state index in [0.717, 1.165) is 26.7 Å². The van der Waals surface area contributed by atoms with Crippen molar-refractivity contribution in [2.75, 3.05) is 23.3 Å². The molecule has 1 aromatic heterocycles. The normalized spacial score (nSPS) is 11.2. The molecular formula is C25H24N4O4S2. The van der Waals surface area contributed by atoms with Crippen LogP contribution in [0.3, 0.4) is 0 Å². The minimum atomic E-state index is -4.00. The molecule has 0 spiro atoms. The van der Waals surface area contributed by atoms with Crippen LogP contribution < -0.4 is 14.4 Å². The second-order valence-electron chi connectivity index (χ2n) is 7.80. The summed E-state index contributed by atoms with van der Waals surface area (Å²) >= 11 is 1.20. The highest BCUT2D eigenvalue weighted by atomic mass is 32.2. The molecule has 1 N–H and O–H groups in total. The zero-order valence-corrected chi connectivity index (χ0v) is 21.1. The summed E-state index contributed by atoms with van der Waals surface area (Å²) in [6, 6.07) is 20.9. The van der Waals surface area contributed by atoms with Crippen LogP contribution in [0.1, 0.15) is 11.1 Å². The Hall–Kier alpha value is -3.76. The Bertz CT molecular complexity index is 1440. The molecule has 0 aliphatic carbocycles. The molecule has 3 aromatic carbocycles. The minimum absolute atomic E-state index is 0.103. The highest BCUT2D eigenvalue weighted by Crippen LogP contribution is 2.30. The Balaban J connectivity index is 1.59. The second-order valence-corrected chi connectivity index (χ2v) is 10.6. The standard InChI is InChI=1S/C25H24N4O4S2/c1-17-9-10-18(2)22(15-17)29(35(31,32)21-7-5-4-6-8-21)16-23(30)26-25-28-27-24(34-25)19-11-13-20(33-3)14-12-19/h4-15H,16H2,1-3H3,(H,26,28,30). The van der Waals surface area contributed by atoms with E-state index in [2.05, 4.69) is 15.5 Å². The number of ether oxygens (including phenoxy) is 1. The van der Waals surface area contributed by atoms with Gasteiger partial charge in [0.15, 0.2) is 0 Å². The van der Waals surface area contributed by atoms with Gasteiger partial charge in [-0.15, -0.1) is 10.2 Å². The number of aryl methyl sites for hydroxylation is 2. The average Bonchev–Trinajstić information content (AvgIpc) is 3.33. The van der Waals surface area contributed by atoms with Crippen LogP contribution in [0.25, 0.3) is 10.6 Å². The van der Waals surface area contributed by atoms with Crippen molar-refractivity contribution in [2.24, 2.45) is 0 Å². The molecule has 8 nitrogen and oxygen atoms in total. The van der Waals surface area contributed by atoms with Gasteiger partial charge in [-0.2, -0.15) is 0 Å². The predicted molar refractivity (Wildman–Crippen MR) is 137 cm³/mol. The van der Waals surface area contributed by atoms with Gasteiger partial charge in [-0.05, 0) is 67.4 Å². The number of carbonyl (C=O) groups is 1. The van der Waals surface area contributed by atoms with E-state index in [9.17, 15) is 13.2 Å². The van der Waals surface area contributed by atoms with Crippen LogP contribution >= 0.6 is 11.3 Å². The smallest absolute Gasteiger partial charge is 0.264 e. The van der Waals surface area contributed by atoms with Crippen LogP contribution in [0.4, 0.5) is 10.8 Å². The second kappa shape index (κ2) is 10.2. The van der Waals surface area contributed by atoms with Crippen molar-refractivity contribution in [1.82, 2.24) is 10.2 Å². The zero-order chi connectivity index (χ0) is 25.0. The molecule has 0 atom stereocenters. The van der Waals surface area contributed by atoms with Crippen molar-refractivity contribution in [3.05, 3.63) is 83.9 Å². The number of hydrogen-bond acceptors (Lipinski definition) is 7. The maximum atomic E-state index is 13.5. The van der Waals surface area contributed by atoms with Gasteiger partial charge in [0.2, 0.25) is 11.0 Å². The number of anilines is 2. The molecule has 0 aliphatic heterocycles.